The van der Waals surface area contributed by atoms with Crippen molar-refractivity contribution in [3.05, 3.63) is 85.1 Å². The predicted molar refractivity (Wildman–Crippen MR) is 180 cm³/mol. The Bertz CT molecular complexity index is 988. The van der Waals surface area contributed by atoms with Gasteiger partial charge in [0.05, 0.1) is 20.3 Å². The van der Waals surface area contributed by atoms with E-state index in [1.165, 1.54) is 13.2 Å². The molecule has 8 nitrogen and oxygen atoms in total. The zero-order valence-corrected chi connectivity index (χ0v) is 27.0. The average molecular weight is 610 g/mol. The van der Waals surface area contributed by atoms with Crippen LogP contribution in [0.3, 0.4) is 0 Å². The Morgan fingerprint density at radius 2 is 1.23 bits per heavy atom. The molecule has 44 heavy (non-hydrogen) atoms. The van der Waals surface area contributed by atoms with Crippen molar-refractivity contribution in [2.24, 2.45) is 0 Å². The van der Waals surface area contributed by atoms with Gasteiger partial charge in [0.1, 0.15) is 0 Å². The van der Waals surface area contributed by atoms with Gasteiger partial charge in [0, 0.05) is 50.8 Å². The van der Waals surface area contributed by atoms with E-state index in [-0.39, 0.29) is 17.9 Å². The Balaban J connectivity index is 2.18. The zero-order chi connectivity index (χ0) is 31.9. The SMILES string of the molecule is CC/C=C\C/C=C\C/C=C\C/C=C\C/C=C\C/C=C\CCC(=O)NCCC(CCNC(=O)/C=C/C(=O)OC)N1CCOCC1. The van der Waals surface area contributed by atoms with Gasteiger partial charge < -0.3 is 20.1 Å². The molecule has 1 unspecified atom stereocenters. The molecule has 1 saturated heterocycles. The second-order valence-corrected chi connectivity index (χ2v) is 10.3. The number of ether oxygens (including phenoxy) is 2. The van der Waals surface area contributed by atoms with Crippen molar-refractivity contribution in [1.82, 2.24) is 15.5 Å². The molecule has 0 aliphatic carbocycles. The van der Waals surface area contributed by atoms with Crippen LogP contribution in [0.1, 0.15) is 71.1 Å². The topological polar surface area (TPSA) is 97.0 Å². The van der Waals surface area contributed by atoms with Crippen LogP contribution in [0.15, 0.2) is 85.1 Å². The molecule has 1 fully saturated rings. The molecule has 1 heterocycles. The first-order valence-corrected chi connectivity index (χ1v) is 16.1. The summed E-state index contributed by atoms with van der Waals surface area (Å²) in [4.78, 5) is 37.7. The standard InChI is InChI=1S/C36H55N3O5/c1-3-4-5-6-7-8-9-10-11-12-13-14-15-16-17-18-19-20-21-22-34(40)37-27-25-33(39-29-31-44-32-30-39)26-28-38-35(41)23-24-36(42)43-2/h4-5,7-8,10-11,13-14,16-17,19-20,23-24,33H,3,6,9,12,15,18,21-22,25-32H2,1-2H3,(H,37,40)(H,38,41)/b5-4-,8-7-,11-10-,14-13-,17-16-,20-19-,24-23+. The number of esters is 1. The molecular formula is C36H55N3O5. The molecule has 8 heteroatoms. The summed E-state index contributed by atoms with van der Waals surface area (Å²) >= 11 is 0. The van der Waals surface area contributed by atoms with E-state index in [0.717, 1.165) is 70.5 Å². The van der Waals surface area contributed by atoms with Gasteiger partial charge in [0.25, 0.3) is 0 Å². The summed E-state index contributed by atoms with van der Waals surface area (Å²) in [6, 6.07) is 0.215. The van der Waals surface area contributed by atoms with Crippen LogP contribution in [0.25, 0.3) is 0 Å². The molecule has 1 atom stereocenters. The molecule has 1 rings (SSSR count). The zero-order valence-electron chi connectivity index (χ0n) is 27.0. The maximum absolute atomic E-state index is 12.3. The van der Waals surface area contributed by atoms with Gasteiger partial charge in [-0.3, -0.25) is 14.5 Å². The number of nitrogens with zero attached hydrogens (tertiary/aromatic N) is 1. The Hall–Kier alpha value is -3.49. The van der Waals surface area contributed by atoms with Crippen LogP contribution in [0.4, 0.5) is 0 Å². The van der Waals surface area contributed by atoms with Gasteiger partial charge >= 0.3 is 5.97 Å². The van der Waals surface area contributed by atoms with Gasteiger partial charge in [-0.15, -0.1) is 0 Å². The number of carbonyl (C=O) groups excluding carboxylic acids is 3. The molecular weight excluding hydrogens is 554 g/mol. The summed E-state index contributed by atoms with van der Waals surface area (Å²) < 4.78 is 9.97. The molecule has 1 aliphatic rings. The summed E-state index contributed by atoms with van der Waals surface area (Å²) in [6.07, 6.45) is 36.9. The third-order valence-electron chi connectivity index (χ3n) is 6.85. The van der Waals surface area contributed by atoms with Crippen LogP contribution < -0.4 is 10.6 Å². The predicted octanol–water partition coefficient (Wildman–Crippen LogP) is 5.91. The third kappa shape index (κ3) is 23.0. The third-order valence-corrected chi connectivity index (χ3v) is 6.85. The van der Waals surface area contributed by atoms with Crippen LogP contribution in [-0.4, -0.2) is 75.2 Å². The number of morpholine rings is 1. The van der Waals surface area contributed by atoms with Gasteiger partial charge in [-0.05, 0) is 57.8 Å². The molecule has 2 amide bonds. The molecule has 244 valence electrons. The van der Waals surface area contributed by atoms with E-state index < -0.39 is 5.97 Å². The van der Waals surface area contributed by atoms with E-state index in [1.807, 2.05) is 0 Å². The number of methoxy groups -OCH3 is 1. The minimum absolute atomic E-state index is 0.0477. The lowest BCUT2D eigenvalue weighted by atomic mass is 10.1. The minimum atomic E-state index is -0.567. The first kappa shape index (κ1) is 38.5. The van der Waals surface area contributed by atoms with Crippen LogP contribution in [-0.2, 0) is 23.9 Å². The molecule has 0 spiro atoms. The lowest BCUT2D eigenvalue weighted by molar-refractivity contribution is -0.135. The van der Waals surface area contributed by atoms with E-state index in [0.29, 0.717) is 39.1 Å². The summed E-state index contributed by atoms with van der Waals surface area (Å²) in [6.45, 7) is 6.24. The lowest BCUT2D eigenvalue weighted by Gasteiger charge is -2.34. The number of amides is 2. The van der Waals surface area contributed by atoms with E-state index >= 15 is 0 Å². The Morgan fingerprint density at radius 3 is 1.75 bits per heavy atom. The monoisotopic (exact) mass is 609 g/mol. The lowest BCUT2D eigenvalue weighted by Crippen LogP contribution is -2.46. The maximum Gasteiger partial charge on any atom is 0.330 e. The van der Waals surface area contributed by atoms with E-state index in [9.17, 15) is 14.4 Å². The van der Waals surface area contributed by atoms with Crippen molar-refractivity contribution >= 4 is 17.8 Å². The number of carbonyl (C=O) groups is 3. The summed E-state index contributed by atoms with van der Waals surface area (Å²) in [5, 5.41) is 5.84. The first-order valence-electron chi connectivity index (χ1n) is 16.1. The normalized spacial score (nSPS) is 15.6. The average Bonchev–Trinajstić information content (AvgIpc) is 3.04. The number of allylic oxidation sites excluding steroid dienone is 12. The summed E-state index contributed by atoms with van der Waals surface area (Å²) in [7, 11) is 1.27. The molecule has 0 radical (unpaired) electrons. The molecule has 1 aliphatic heterocycles. The smallest absolute Gasteiger partial charge is 0.330 e. The van der Waals surface area contributed by atoms with Gasteiger partial charge in [-0.2, -0.15) is 0 Å². The van der Waals surface area contributed by atoms with Crippen LogP contribution >= 0.6 is 0 Å². The fourth-order valence-corrected chi connectivity index (χ4v) is 4.41. The summed E-state index contributed by atoms with van der Waals surface area (Å²) in [5.41, 5.74) is 0. The molecule has 2 N–H and O–H groups in total. The molecule has 0 saturated carbocycles. The molecule has 0 bridgehead atoms. The number of hydrogen-bond acceptors (Lipinski definition) is 6. The van der Waals surface area contributed by atoms with Crippen LogP contribution in [0.2, 0.25) is 0 Å². The van der Waals surface area contributed by atoms with E-state index in [2.05, 4.69) is 100 Å². The fraction of sp³-hybridized carbons (Fsp3) is 0.528. The van der Waals surface area contributed by atoms with Gasteiger partial charge in [-0.1, -0.05) is 79.8 Å². The number of hydrogen-bond donors (Lipinski definition) is 2. The van der Waals surface area contributed by atoms with Gasteiger partial charge in [-0.25, -0.2) is 4.79 Å². The van der Waals surface area contributed by atoms with Gasteiger partial charge in [0.2, 0.25) is 11.8 Å². The van der Waals surface area contributed by atoms with Crippen molar-refractivity contribution in [3.63, 3.8) is 0 Å². The Kier molecular flexibility index (Phi) is 24.8. The van der Waals surface area contributed by atoms with Crippen molar-refractivity contribution in [1.29, 1.82) is 0 Å². The fourth-order valence-electron chi connectivity index (χ4n) is 4.41. The minimum Gasteiger partial charge on any atom is -0.466 e. The molecule has 0 aromatic rings. The van der Waals surface area contributed by atoms with Crippen LogP contribution in [0, 0.1) is 0 Å². The highest BCUT2D eigenvalue weighted by Gasteiger charge is 2.21. The Labute approximate surface area is 265 Å². The highest BCUT2D eigenvalue weighted by atomic mass is 16.5. The van der Waals surface area contributed by atoms with Crippen molar-refractivity contribution < 1.29 is 23.9 Å². The molecule has 0 aromatic heterocycles. The summed E-state index contributed by atoms with van der Waals surface area (Å²) in [5.74, 6) is -0.853. The van der Waals surface area contributed by atoms with Gasteiger partial charge in [0.15, 0.2) is 0 Å². The second kappa shape index (κ2) is 28.3. The maximum atomic E-state index is 12.3. The molecule has 0 aromatic carbocycles. The second-order valence-electron chi connectivity index (χ2n) is 10.3. The largest absolute Gasteiger partial charge is 0.466 e. The first-order chi connectivity index (χ1) is 21.6. The van der Waals surface area contributed by atoms with E-state index in [1.54, 1.807) is 0 Å². The quantitative estimate of drug-likeness (QED) is 0.0850. The number of nitrogens with one attached hydrogen (secondary N) is 2. The van der Waals surface area contributed by atoms with Crippen LogP contribution in [0.5, 0.6) is 0 Å². The highest BCUT2D eigenvalue weighted by Crippen LogP contribution is 2.11. The van der Waals surface area contributed by atoms with Crippen molar-refractivity contribution in [3.8, 4) is 0 Å². The van der Waals surface area contributed by atoms with Crippen molar-refractivity contribution in [2.75, 3.05) is 46.5 Å². The highest BCUT2D eigenvalue weighted by molar-refractivity contribution is 5.94. The van der Waals surface area contributed by atoms with Crippen molar-refractivity contribution in [2.45, 2.75) is 77.2 Å². The number of rotatable bonds is 23. The Morgan fingerprint density at radius 1 is 0.727 bits per heavy atom. The van der Waals surface area contributed by atoms with E-state index in [4.69, 9.17) is 4.74 Å².